The van der Waals surface area contributed by atoms with Crippen LogP contribution in [0.1, 0.15) is 85.0 Å². The van der Waals surface area contributed by atoms with E-state index in [1.54, 1.807) is 12.1 Å². The predicted molar refractivity (Wildman–Crippen MR) is 268 cm³/mol. The number of H-pyrrole nitrogens is 2. The Hall–Kier alpha value is -6.29. The molecule has 0 radical (unpaired) electrons. The Balaban J connectivity index is 0.000000166. The van der Waals surface area contributed by atoms with E-state index in [9.17, 15) is 8.78 Å². The average molecular weight is 884 g/mol. The van der Waals surface area contributed by atoms with Gasteiger partial charge in [-0.2, -0.15) is 0 Å². The lowest BCUT2D eigenvalue weighted by Crippen LogP contribution is -2.50. The van der Waals surface area contributed by atoms with E-state index in [0.717, 1.165) is 79.4 Å². The lowest BCUT2D eigenvalue weighted by atomic mass is 9.67. The lowest BCUT2D eigenvalue weighted by molar-refractivity contribution is 0.0705. The number of rotatable bonds is 10. The first-order valence-corrected chi connectivity index (χ1v) is 23.4. The Morgan fingerprint density at radius 1 is 0.470 bits per heavy atom. The number of nitrogens with zero attached hydrogens (tertiary/aromatic N) is 3. The van der Waals surface area contributed by atoms with Gasteiger partial charge in [-0.3, -0.25) is 14.8 Å². The van der Waals surface area contributed by atoms with E-state index in [0.29, 0.717) is 0 Å². The second-order valence-electron chi connectivity index (χ2n) is 19.2. The molecule has 66 heavy (non-hydrogen) atoms. The molecule has 2 fully saturated rings. The molecule has 340 valence electrons. The minimum absolute atomic E-state index is 0.167. The number of nitrogens with one attached hydrogen (secondary N) is 4. The van der Waals surface area contributed by atoms with Crippen molar-refractivity contribution in [3.05, 3.63) is 197 Å². The Kier molecular flexibility index (Phi) is 12.4. The third-order valence-corrected chi connectivity index (χ3v) is 15.4. The second-order valence-corrected chi connectivity index (χ2v) is 19.2. The fourth-order valence-electron chi connectivity index (χ4n) is 11.6. The maximum atomic E-state index is 14.2. The van der Waals surface area contributed by atoms with Gasteiger partial charge in [0.05, 0.1) is 11.1 Å². The molecule has 2 aliphatic carbocycles. The van der Waals surface area contributed by atoms with Gasteiger partial charge in [-0.05, 0) is 176 Å². The third kappa shape index (κ3) is 8.28. The lowest BCUT2D eigenvalue weighted by Gasteiger charge is -2.50. The molecule has 4 N–H and O–H groups in total. The number of fused-ring (bicyclic) bond motifs is 2. The number of aryl methyl sites for hydroxylation is 2. The molecule has 0 amide bonds. The molecule has 5 aromatic carbocycles. The number of para-hydroxylation sites is 3. The molecule has 0 atom stereocenters. The molecule has 0 aliphatic heterocycles. The van der Waals surface area contributed by atoms with E-state index in [-0.39, 0.29) is 33.8 Å². The van der Waals surface area contributed by atoms with Gasteiger partial charge < -0.3 is 20.6 Å². The van der Waals surface area contributed by atoms with Crippen LogP contribution in [0, 0.1) is 25.5 Å². The van der Waals surface area contributed by atoms with Crippen molar-refractivity contribution in [3.8, 4) is 0 Å². The minimum Gasteiger partial charge on any atom is -0.374 e. The summed E-state index contributed by atoms with van der Waals surface area (Å²) >= 11 is 0. The molecule has 2 aliphatic rings. The average Bonchev–Trinajstić information content (AvgIpc) is 3.87. The zero-order valence-electron chi connectivity index (χ0n) is 39.2. The first kappa shape index (κ1) is 44.9. The van der Waals surface area contributed by atoms with Crippen molar-refractivity contribution in [2.75, 3.05) is 38.8 Å². The van der Waals surface area contributed by atoms with Crippen LogP contribution < -0.4 is 10.6 Å². The third-order valence-electron chi connectivity index (χ3n) is 15.4. The summed E-state index contributed by atoms with van der Waals surface area (Å²) in [5, 5.41) is 10.4. The van der Waals surface area contributed by atoms with E-state index in [2.05, 4.69) is 162 Å². The predicted octanol–water partition coefficient (Wildman–Crippen LogP) is 13.3. The largest absolute Gasteiger partial charge is 0.374 e. The standard InChI is InChI=1S/C29H32FN3.C28H31FN4/c1-21-25-14-7-8-15-26(25)31-27(21)28(32-24-12-5-4-6-13-24)16-18-29(19-17-28,33(2)3)22-10-9-11-23(30)20-22;1-20-24-9-4-5-10-25(24)31-26(20)27(32-23-11-17-30-18-12-23)13-15-28(16-14-27,33(2)3)21-7-6-8-22(29)19-21/h4-15,20,31-32H,16-19H2,1-3H3;4-12,17-19,31H,13-16H2,1-3H3,(H,30,32). The smallest absolute Gasteiger partial charge is 0.123 e. The highest BCUT2D eigenvalue weighted by molar-refractivity contribution is 5.86. The summed E-state index contributed by atoms with van der Waals surface area (Å²) in [7, 11) is 8.47. The molecule has 0 bridgehead atoms. The van der Waals surface area contributed by atoms with Gasteiger partial charge in [-0.25, -0.2) is 8.78 Å². The Labute approximate surface area is 388 Å². The number of benzene rings is 5. The van der Waals surface area contributed by atoms with Crippen molar-refractivity contribution in [1.29, 1.82) is 0 Å². The minimum atomic E-state index is -0.253. The van der Waals surface area contributed by atoms with Crippen LogP contribution in [0.25, 0.3) is 21.8 Å². The number of pyridine rings is 1. The van der Waals surface area contributed by atoms with Crippen LogP contribution in [0.3, 0.4) is 0 Å². The first-order chi connectivity index (χ1) is 31.9. The van der Waals surface area contributed by atoms with Crippen LogP contribution in [0.15, 0.2) is 152 Å². The van der Waals surface area contributed by atoms with Gasteiger partial charge in [-0.15, -0.1) is 0 Å². The molecule has 8 aromatic rings. The normalized spacial score (nSPS) is 23.2. The number of hydrogen-bond acceptors (Lipinski definition) is 5. The maximum absolute atomic E-state index is 14.2. The quantitative estimate of drug-likeness (QED) is 0.110. The summed E-state index contributed by atoms with van der Waals surface area (Å²) in [4.78, 5) is 16.3. The van der Waals surface area contributed by atoms with Crippen molar-refractivity contribution >= 4 is 33.2 Å². The highest BCUT2D eigenvalue weighted by Crippen LogP contribution is 2.52. The number of anilines is 2. The summed E-state index contributed by atoms with van der Waals surface area (Å²) in [5.41, 5.74) is 10.9. The fraction of sp³-hybridized carbons (Fsp3) is 0.316. The highest BCUT2D eigenvalue weighted by Gasteiger charge is 2.49. The second kappa shape index (κ2) is 18.2. The monoisotopic (exact) mass is 884 g/mol. The van der Waals surface area contributed by atoms with Crippen molar-refractivity contribution in [1.82, 2.24) is 24.8 Å². The van der Waals surface area contributed by atoms with Crippen LogP contribution in [0.5, 0.6) is 0 Å². The van der Waals surface area contributed by atoms with Crippen LogP contribution in [0.4, 0.5) is 20.2 Å². The summed E-state index contributed by atoms with van der Waals surface area (Å²) in [6.07, 6.45) is 11.0. The van der Waals surface area contributed by atoms with E-state index in [4.69, 9.17) is 0 Å². The van der Waals surface area contributed by atoms with E-state index < -0.39 is 0 Å². The molecule has 2 saturated carbocycles. The first-order valence-electron chi connectivity index (χ1n) is 23.4. The van der Waals surface area contributed by atoms with Crippen molar-refractivity contribution < 1.29 is 8.78 Å². The molecule has 0 saturated heterocycles. The SMILES string of the molecule is Cc1c(C2(Nc3ccccc3)CCC(c3cccc(F)c3)(N(C)C)CC2)[nH]c2ccccc12.Cc1c(C2(Nc3ccncc3)CCC(c3cccc(F)c3)(N(C)C)CC2)[nH]c2ccccc12. The van der Waals surface area contributed by atoms with Gasteiger partial charge in [0, 0.05) is 68.0 Å². The van der Waals surface area contributed by atoms with E-state index in [1.807, 2.05) is 42.7 Å². The molecular formula is C57H63F2N7. The molecule has 7 nitrogen and oxygen atoms in total. The topological polar surface area (TPSA) is 75.0 Å². The van der Waals surface area contributed by atoms with Crippen molar-refractivity contribution in [3.63, 3.8) is 0 Å². The van der Waals surface area contributed by atoms with Gasteiger partial charge in [0.1, 0.15) is 11.6 Å². The fourth-order valence-corrected chi connectivity index (χ4v) is 11.6. The summed E-state index contributed by atoms with van der Waals surface area (Å²) in [6.45, 7) is 4.44. The van der Waals surface area contributed by atoms with Crippen LogP contribution >= 0.6 is 0 Å². The summed E-state index contributed by atoms with van der Waals surface area (Å²) in [6, 6.07) is 45.9. The van der Waals surface area contributed by atoms with Gasteiger partial charge in [0.15, 0.2) is 0 Å². The van der Waals surface area contributed by atoms with Gasteiger partial charge >= 0.3 is 0 Å². The zero-order chi connectivity index (χ0) is 46.1. The van der Waals surface area contributed by atoms with Gasteiger partial charge in [0.25, 0.3) is 0 Å². The molecule has 9 heteroatoms. The van der Waals surface area contributed by atoms with E-state index >= 15 is 0 Å². The van der Waals surface area contributed by atoms with Gasteiger partial charge in [0.2, 0.25) is 0 Å². The summed E-state index contributed by atoms with van der Waals surface area (Å²) in [5.74, 6) is -0.341. The van der Waals surface area contributed by atoms with Crippen molar-refractivity contribution in [2.24, 2.45) is 0 Å². The molecular weight excluding hydrogens is 821 g/mol. The Morgan fingerprint density at radius 2 is 0.864 bits per heavy atom. The van der Waals surface area contributed by atoms with Crippen LogP contribution in [-0.2, 0) is 22.2 Å². The summed E-state index contributed by atoms with van der Waals surface area (Å²) < 4.78 is 28.4. The number of aromatic nitrogens is 3. The number of hydrogen-bond donors (Lipinski definition) is 4. The Bertz CT molecular complexity index is 2700. The zero-order valence-corrected chi connectivity index (χ0v) is 39.2. The molecule has 0 spiro atoms. The highest BCUT2D eigenvalue weighted by atomic mass is 19.1. The van der Waals surface area contributed by atoms with Crippen molar-refractivity contribution in [2.45, 2.75) is 87.4 Å². The number of halogens is 2. The molecule has 3 heterocycles. The van der Waals surface area contributed by atoms with Crippen LogP contribution in [0.2, 0.25) is 0 Å². The molecule has 10 rings (SSSR count). The Morgan fingerprint density at radius 3 is 1.26 bits per heavy atom. The maximum Gasteiger partial charge on any atom is 0.123 e. The molecule has 3 aromatic heterocycles. The van der Waals surface area contributed by atoms with Gasteiger partial charge in [-0.1, -0.05) is 78.9 Å². The van der Waals surface area contributed by atoms with Crippen LogP contribution in [-0.4, -0.2) is 52.9 Å². The number of aromatic amines is 2. The van der Waals surface area contributed by atoms with E-state index in [1.165, 1.54) is 50.9 Å². The molecule has 0 unspecified atom stereocenters.